The number of aromatic nitrogens is 2. The summed E-state index contributed by atoms with van der Waals surface area (Å²) in [4.78, 5) is 0. The molecule has 4 nitrogen and oxygen atoms in total. The summed E-state index contributed by atoms with van der Waals surface area (Å²) >= 11 is 0. The Morgan fingerprint density at radius 1 is 1.41 bits per heavy atom. The smallest absolute Gasteiger partial charge is 0.240 e. The molecule has 2 aromatic rings. The van der Waals surface area contributed by atoms with Gasteiger partial charge in [0.05, 0.1) is 10.9 Å². The fourth-order valence-corrected chi connectivity index (χ4v) is 2.26. The maximum atomic E-state index is 13.7. The van der Waals surface area contributed by atoms with Crippen molar-refractivity contribution in [3.05, 3.63) is 24.1 Å². The van der Waals surface area contributed by atoms with E-state index in [2.05, 4.69) is 5.10 Å². The number of nitrogens with zero attached hydrogens (tertiary/aromatic N) is 2. The molecular formula is C12H14FN3O. The lowest BCUT2D eigenvalue weighted by Crippen LogP contribution is -2.19. The minimum Gasteiger partial charge on any atom is -0.399 e. The third-order valence-electron chi connectivity index (χ3n) is 3.11. The Hall–Kier alpha value is -1.62. The molecule has 1 saturated heterocycles. The van der Waals surface area contributed by atoms with Gasteiger partial charge in [-0.2, -0.15) is 4.39 Å². The van der Waals surface area contributed by atoms with Crippen LogP contribution in [-0.4, -0.2) is 16.4 Å². The number of ether oxygens (including phenoxy) is 1. The van der Waals surface area contributed by atoms with Crippen molar-refractivity contribution < 1.29 is 9.13 Å². The molecule has 17 heavy (non-hydrogen) atoms. The van der Waals surface area contributed by atoms with Gasteiger partial charge in [0.15, 0.2) is 6.23 Å². The standard InChI is InChI=1S/C12H14FN3O/c13-12-9-7-8(14)4-5-10(9)16(15-12)11-3-1-2-6-17-11/h4-5,7,11H,1-3,6,14H2. The molecule has 2 heterocycles. The van der Waals surface area contributed by atoms with Gasteiger partial charge in [0.1, 0.15) is 0 Å². The lowest BCUT2D eigenvalue weighted by Gasteiger charge is -2.23. The van der Waals surface area contributed by atoms with Gasteiger partial charge in [0.2, 0.25) is 5.95 Å². The first-order chi connectivity index (χ1) is 8.25. The maximum absolute atomic E-state index is 13.7. The van der Waals surface area contributed by atoms with Crippen molar-refractivity contribution in [2.45, 2.75) is 25.5 Å². The predicted molar refractivity (Wildman–Crippen MR) is 62.9 cm³/mol. The van der Waals surface area contributed by atoms with E-state index < -0.39 is 5.95 Å². The monoisotopic (exact) mass is 235 g/mol. The quantitative estimate of drug-likeness (QED) is 0.772. The van der Waals surface area contributed by atoms with Crippen LogP contribution in [0.25, 0.3) is 10.9 Å². The van der Waals surface area contributed by atoms with Crippen LogP contribution in [0.15, 0.2) is 18.2 Å². The Labute approximate surface area is 98.2 Å². The predicted octanol–water partition coefficient (Wildman–Crippen LogP) is 2.46. The Morgan fingerprint density at radius 3 is 3.06 bits per heavy atom. The number of hydrogen-bond acceptors (Lipinski definition) is 3. The molecule has 0 aliphatic carbocycles. The molecule has 1 fully saturated rings. The topological polar surface area (TPSA) is 53.1 Å². The molecule has 1 aromatic carbocycles. The van der Waals surface area contributed by atoms with Crippen LogP contribution < -0.4 is 5.73 Å². The van der Waals surface area contributed by atoms with E-state index in [9.17, 15) is 4.39 Å². The summed E-state index contributed by atoms with van der Waals surface area (Å²) in [5.41, 5.74) is 6.93. The summed E-state index contributed by atoms with van der Waals surface area (Å²) in [5.74, 6) is -0.485. The number of halogens is 1. The lowest BCUT2D eigenvalue weighted by molar-refractivity contribution is -0.0375. The molecule has 90 valence electrons. The number of benzene rings is 1. The summed E-state index contributed by atoms with van der Waals surface area (Å²) in [6.45, 7) is 0.711. The molecule has 0 spiro atoms. The molecule has 0 radical (unpaired) electrons. The van der Waals surface area contributed by atoms with Gasteiger partial charge in [-0.1, -0.05) is 0 Å². The van der Waals surface area contributed by atoms with E-state index >= 15 is 0 Å². The fourth-order valence-electron chi connectivity index (χ4n) is 2.26. The van der Waals surface area contributed by atoms with Gasteiger partial charge >= 0.3 is 0 Å². The summed E-state index contributed by atoms with van der Waals surface area (Å²) in [5, 5.41) is 4.38. The Morgan fingerprint density at radius 2 is 2.29 bits per heavy atom. The normalized spacial score (nSPS) is 20.9. The third-order valence-corrected chi connectivity index (χ3v) is 3.11. The van der Waals surface area contributed by atoms with E-state index in [4.69, 9.17) is 10.5 Å². The second-order valence-electron chi connectivity index (χ2n) is 4.33. The van der Waals surface area contributed by atoms with Gasteiger partial charge in [-0.15, -0.1) is 5.10 Å². The lowest BCUT2D eigenvalue weighted by atomic mass is 10.2. The zero-order valence-corrected chi connectivity index (χ0v) is 9.40. The fraction of sp³-hybridized carbons (Fsp3) is 0.417. The average molecular weight is 235 g/mol. The van der Waals surface area contributed by atoms with Crippen LogP contribution in [0.2, 0.25) is 0 Å². The van der Waals surface area contributed by atoms with E-state index in [1.807, 2.05) is 0 Å². The SMILES string of the molecule is Nc1ccc2c(c1)c(F)nn2C1CCCCO1. The first kappa shape index (κ1) is 10.5. The number of nitrogens with two attached hydrogens (primary N) is 1. The molecule has 3 rings (SSSR count). The zero-order chi connectivity index (χ0) is 11.8. The molecule has 0 saturated carbocycles. The summed E-state index contributed by atoms with van der Waals surface area (Å²) < 4.78 is 20.9. The van der Waals surface area contributed by atoms with Crippen LogP contribution in [-0.2, 0) is 4.74 Å². The van der Waals surface area contributed by atoms with Gasteiger partial charge in [-0.25, -0.2) is 4.68 Å². The molecule has 1 unspecified atom stereocenters. The van der Waals surface area contributed by atoms with Crippen molar-refractivity contribution in [3.8, 4) is 0 Å². The first-order valence-corrected chi connectivity index (χ1v) is 5.80. The minimum absolute atomic E-state index is 0.153. The maximum Gasteiger partial charge on any atom is 0.240 e. The second kappa shape index (κ2) is 4.00. The average Bonchev–Trinajstić information content (AvgIpc) is 2.68. The Balaban J connectivity index is 2.10. The van der Waals surface area contributed by atoms with Crippen molar-refractivity contribution in [3.63, 3.8) is 0 Å². The van der Waals surface area contributed by atoms with E-state index in [1.165, 1.54) is 0 Å². The van der Waals surface area contributed by atoms with Crippen LogP contribution in [0.5, 0.6) is 0 Å². The minimum atomic E-state index is -0.485. The van der Waals surface area contributed by atoms with Crippen LogP contribution in [0.4, 0.5) is 10.1 Å². The van der Waals surface area contributed by atoms with E-state index in [0.717, 1.165) is 24.8 Å². The number of fused-ring (bicyclic) bond motifs is 1. The van der Waals surface area contributed by atoms with Crippen LogP contribution in [0, 0.1) is 5.95 Å². The van der Waals surface area contributed by atoms with E-state index in [-0.39, 0.29) is 6.23 Å². The second-order valence-corrected chi connectivity index (χ2v) is 4.33. The van der Waals surface area contributed by atoms with Crippen LogP contribution in [0.1, 0.15) is 25.5 Å². The zero-order valence-electron chi connectivity index (χ0n) is 9.40. The summed E-state index contributed by atoms with van der Waals surface area (Å²) in [7, 11) is 0. The van der Waals surface area contributed by atoms with Crippen LogP contribution in [0.3, 0.4) is 0 Å². The first-order valence-electron chi connectivity index (χ1n) is 5.80. The highest BCUT2D eigenvalue weighted by molar-refractivity contribution is 5.82. The highest BCUT2D eigenvalue weighted by Gasteiger charge is 2.20. The van der Waals surface area contributed by atoms with Crippen molar-refractivity contribution in [2.24, 2.45) is 0 Å². The van der Waals surface area contributed by atoms with Crippen molar-refractivity contribution in [2.75, 3.05) is 12.3 Å². The summed E-state index contributed by atoms with van der Waals surface area (Å²) in [6.07, 6.45) is 2.87. The van der Waals surface area contributed by atoms with Gasteiger partial charge < -0.3 is 10.5 Å². The van der Waals surface area contributed by atoms with E-state index in [0.29, 0.717) is 17.7 Å². The molecule has 0 amide bonds. The van der Waals surface area contributed by atoms with E-state index in [1.54, 1.807) is 22.9 Å². The largest absolute Gasteiger partial charge is 0.399 e. The Bertz CT molecular complexity index is 546. The van der Waals surface area contributed by atoms with Gasteiger partial charge in [-0.05, 0) is 37.5 Å². The number of nitrogen functional groups attached to an aromatic ring is 1. The molecule has 0 bridgehead atoms. The number of rotatable bonds is 1. The molecule has 1 aliphatic heterocycles. The summed E-state index contributed by atoms with van der Waals surface area (Å²) in [6, 6.07) is 5.15. The van der Waals surface area contributed by atoms with Gasteiger partial charge in [0.25, 0.3) is 0 Å². The van der Waals surface area contributed by atoms with Crippen molar-refractivity contribution >= 4 is 16.6 Å². The van der Waals surface area contributed by atoms with Gasteiger partial charge in [-0.3, -0.25) is 0 Å². The molecule has 1 aromatic heterocycles. The molecule has 2 N–H and O–H groups in total. The van der Waals surface area contributed by atoms with Crippen LogP contribution >= 0.6 is 0 Å². The third kappa shape index (κ3) is 1.76. The van der Waals surface area contributed by atoms with Gasteiger partial charge in [0, 0.05) is 12.3 Å². The van der Waals surface area contributed by atoms with Crippen molar-refractivity contribution in [1.29, 1.82) is 0 Å². The molecule has 5 heteroatoms. The van der Waals surface area contributed by atoms with Crippen molar-refractivity contribution in [1.82, 2.24) is 9.78 Å². The molecule has 1 atom stereocenters. The number of anilines is 1. The Kier molecular flexibility index (Phi) is 2.48. The highest BCUT2D eigenvalue weighted by Crippen LogP contribution is 2.28. The number of hydrogen-bond donors (Lipinski definition) is 1. The molecule has 1 aliphatic rings. The highest BCUT2D eigenvalue weighted by atomic mass is 19.1. The molecular weight excluding hydrogens is 221 g/mol.